The average molecular weight is 341 g/mol. The van der Waals surface area contributed by atoms with Crippen molar-refractivity contribution in [1.29, 1.82) is 0 Å². The lowest BCUT2D eigenvalue weighted by molar-refractivity contribution is 1.29. The summed E-state index contributed by atoms with van der Waals surface area (Å²) in [6.45, 7) is 0. The Morgan fingerprint density at radius 3 is 1.35 bits per heavy atom. The maximum absolute atomic E-state index is 4.20. The molecular weight excluding hydrogens is 320 g/mol. The van der Waals surface area contributed by atoms with Crippen LogP contribution < -0.4 is 0 Å². The van der Waals surface area contributed by atoms with Crippen LogP contribution in [0.15, 0.2) is 48.5 Å². The van der Waals surface area contributed by atoms with Crippen LogP contribution in [0.1, 0.15) is 22.3 Å². The first kappa shape index (κ1) is 17.9. The van der Waals surface area contributed by atoms with Crippen molar-refractivity contribution in [3.63, 3.8) is 0 Å². The number of benzene rings is 2. The fourth-order valence-electron chi connectivity index (χ4n) is 1.69. The average Bonchev–Trinajstić information content (AvgIpc) is 2.55. The van der Waals surface area contributed by atoms with E-state index in [9.17, 15) is 0 Å². The third-order valence-electron chi connectivity index (χ3n) is 2.82. The predicted octanol–water partition coefficient (Wildman–Crippen LogP) is 5.09. The van der Waals surface area contributed by atoms with Gasteiger partial charge in [0.1, 0.15) is 0 Å². The molecular formula is C16H20S4. The SMILES string of the molecule is SCc1cccc(CS)c1.SCc1ccccc1CS. The van der Waals surface area contributed by atoms with Gasteiger partial charge in [-0.25, -0.2) is 0 Å². The first-order valence-corrected chi connectivity index (χ1v) is 8.86. The second-order valence-corrected chi connectivity index (χ2v) is 5.49. The van der Waals surface area contributed by atoms with Crippen LogP contribution in [0.2, 0.25) is 0 Å². The molecule has 2 aromatic rings. The summed E-state index contributed by atoms with van der Waals surface area (Å²) in [7, 11) is 0. The molecule has 0 aliphatic heterocycles. The lowest BCUT2D eigenvalue weighted by Crippen LogP contribution is -1.85. The summed E-state index contributed by atoms with van der Waals surface area (Å²) in [5.41, 5.74) is 5.08. The van der Waals surface area contributed by atoms with Crippen molar-refractivity contribution >= 4 is 50.5 Å². The second kappa shape index (κ2) is 10.6. The van der Waals surface area contributed by atoms with E-state index in [1.807, 2.05) is 18.2 Å². The Kier molecular flexibility index (Phi) is 9.44. The predicted molar refractivity (Wildman–Crippen MR) is 104 cm³/mol. The largest absolute Gasteiger partial charge is 0.175 e. The molecule has 0 nitrogen and oxygen atoms in total. The van der Waals surface area contributed by atoms with Gasteiger partial charge < -0.3 is 0 Å². The van der Waals surface area contributed by atoms with Crippen LogP contribution in [0, 0.1) is 0 Å². The van der Waals surface area contributed by atoms with Gasteiger partial charge in [0, 0.05) is 23.0 Å². The Balaban J connectivity index is 0.000000200. The summed E-state index contributed by atoms with van der Waals surface area (Å²) >= 11 is 16.7. The molecule has 0 heterocycles. The first-order valence-electron chi connectivity index (χ1n) is 6.33. The van der Waals surface area contributed by atoms with Gasteiger partial charge in [-0.3, -0.25) is 0 Å². The van der Waals surface area contributed by atoms with E-state index < -0.39 is 0 Å². The number of hydrogen-bond donors (Lipinski definition) is 4. The third-order valence-corrected chi connectivity index (χ3v) is 4.23. The van der Waals surface area contributed by atoms with Crippen LogP contribution in [0.5, 0.6) is 0 Å². The number of hydrogen-bond acceptors (Lipinski definition) is 4. The Labute approximate surface area is 144 Å². The van der Waals surface area contributed by atoms with Crippen molar-refractivity contribution in [3.05, 3.63) is 70.8 Å². The molecule has 0 fully saturated rings. The van der Waals surface area contributed by atoms with Crippen molar-refractivity contribution in [2.24, 2.45) is 0 Å². The monoisotopic (exact) mass is 340 g/mol. The van der Waals surface area contributed by atoms with Crippen LogP contribution >= 0.6 is 50.5 Å². The standard InChI is InChI=1S/2C8H10S2/c9-5-7-2-1-3-8(4-7)6-10;9-5-7-3-1-2-4-8(7)6-10/h2*1-4,9-10H,5-6H2. The molecule has 0 aromatic heterocycles. The van der Waals surface area contributed by atoms with Crippen LogP contribution in [0.4, 0.5) is 0 Å². The molecule has 20 heavy (non-hydrogen) atoms. The molecule has 0 aliphatic rings. The van der Waals surface area contributed by atoms with Crippen LogP contribution in [0.3, 0.4) is 0 Å². The molecule has 0 aliphatic carbocycles. The van der Waals surface area contributed by atoms with E-state index in [1.54, 1.807) is 0 Å². The van der Waals surface area contributed by atoms with Gasteiger partial charge in [0.15, 0.2) is 0 Å². The minimum Gasteiger partial charge on any atom is -0.175 e. The second-order valence-electron chi connectivity index (χ2n) is 4.22. The van der Waals surface area contributed by atoms with E-state index >= 15 is 0 Å². The van der Waals surface area contributed by atoms with Gasteiger partial charge in [-0.1, -0.05) is 48.5 Å². The Morgan fingerprint density at radius 2 is 1.00 bits per heavy atom. The molecule has 0 spiro atoms. The van der Waals surface area contributed by atoms with Crippen LogP contribution in [0.25, 0.3) is 0 Å². The van der Waals surface area contributed by atoms with Crippen molar-refractivity contribution < 1.29 is 0 Å². The molecule has 0 amide bonds. The lowest BCUT2D eigenvalue weighted by Gasteiger charge is -2.01. The molecule has 2 aromatic carbocycles. The zero-order valence-electron chi connectivity index (χ0n) is 11.2. The minimum atomic E-state index is 0.802. The van der Waals surface area contributed by atoms with E-state index in [1.165, 1.54) is 22.3 Å². The summed E-state index contributed by atoms with van der Waals surface area (Å²) in [5, 5.41) is 0. The first-order chi connectivity index (χ1) is 9.74. The highest BCUT2D eigenvalue weighted by Gasteiger charge is 1.94. The normalized spacial score (nSPS) is 9.80. The highest BCUT2D eigenvalue weighted by atomic mass is 32.1. The van der Waals surface area contributed by atoms with Crippen molar-refractivity contribution in [3.8, 4) is 0 Å². The third kappa shape index (κ3) is 6.08. The molecule has 2 rings (SSSR count). The van der Waals surface area contributed by atoms with Crippen molar-refractivity contribution in [2.45, 2.75) is 23.0 Å². The molecule has 0 atom stereocenters. The molecule has 0 bridgehead atoms. The minimum absolute atomic E-state index is 0.802. The van der Waals surface area contributed by atoms with Gasteiger partial charge in [0.05, 0.1) is 0 Å². The molecule has 0 unspecified atom stereocenters. The zero-order valence-corrected chi connectivity index (χ0v) is 14.8. The molecule has 0 saturated carbocycles. The van der Waals surface area contributed by atoms with E-state index in [0.29, 0.717) is 0 Å². The molecule has 4 heteroatoms. The van der Waals surface area contributed by atoms with Gasteiger partial charge in [0.2, 0.25) is 0 Å². The Hall–Kier alpha value is -0.160. The highest BCUT2D eigenvalue weighted by molar-refractivity contribution is 7.80. The molecule has 0 radical (unpaired) electrons. The Bertz CT molecular complexity index is 469. The van der Waals surface area contributed by atoms with Crippen molar-refractivity contribution in [2.75, 3.05) is 0 Å². The van der Waals surface area contributed by atoms with E-state index in [4.69, 9.17) is 0 Å². The number of rotatable bonds is 4. The van der Waals surface area contributed by atoms with Crippen molar-refractivity contribution in [1.82, 2.24) is 0 Å². The maximum atomic E-state index is 4.20. The van der Waals surface area contributed by atoms with Crippen LogP contribution in [-0.2, 0) is 23.0 Å². The fraction of sp³-hybridized carbons (Fsp3) is 0.250. The van der Waals surface area contributed by atoms with Crippen LogP contribution in [-0.4, -0.2) is 0 Å². The highest BCUT2D eigenvalue weighted by Crippen LogP contribution is 2.12. The summed E-state index contributed by atoms with van der Waals surface area (Å²) in [6.07, 6.45) is 0. The fourth-order valence-corrected chi connectivity index (χ4v) is 2.70. The smallest absolute Gasteiger partial charge is 0.0157 e. The van der Waals surface area contributed by atoms with Gasteiger partial charge in [-0.05, 0) is 22.3 Å². The topological polar surface area (TPSA) is 0 Å². The van der Waals surface area contributed by atoms with Gasteiger partial charge in [-0.15, -0.1) is 0 Å². The van der Waals surface area contributed by atoms with E-state index in [2.05, 4.69) is 80.8 Å². The van der Waals surface area contributed by atoms with Gasteiger partial charge in [0.25, 0.3) is 0 Å². The maximum Gasteiger partial charge on any atom is 0.0157 e. The van der Waals surface area contributed by atoms with E-state index in [0.717, 1.165) is 23.0 Å². The summed E-state index contributed by atoms with van der Waals surface area (Å²) < 4.78 is 0. The summed E-state index contributed by atoms with van der Waals surface area (Å²) in [6, 6.07) is 16.5. The zero-order chi connectivity index (χ0) is 14.8. The molecule has 0 N–H and O–H groups in total. The van der Waals surface area contributed by atoms with Gasteiger partial charge in [-0.2, -0.15) is 50.5 Å². The summed E-state index contributed by atoms with van der Waals surface area (Å²) in [4.78, 5) is 0. The molecule has 108 valence electrons. The summed E-state index contributed by atoms with van der Waals surface area (Å²) in [5.74, 6) is 3.22. The molecule has 0 saturated heterocycles. The number of thiol groups is 4. The van der Waals surface area contributed by atoms with E-state index in [-0.39, 0.29) is 0 Å². The Morgan fingerprint density at radius 1 is 0.550 bits per heavy atom. The van der Waals surface area contributed by atoms with Gasteiger partial charge >= 0.3 is 0 Å². The lowest BCUT2D eigenvalue weighted by atomic mass is 10.1. The quantitative estimate of drug-likeness (QED) is 0.547.